The first-order chi connectivity index (χ1) is 16.5. The van der Waals surface area contributed by atoms with E-state index in [-0.39, 0.29) is 5.91 Å². The Kier molecular flexibility index (Phi) is 6.22. The van der Waals surface area contributed by atoms with Crippen molar-refractivity contribution in [3.63, 3.8) is 0 Å². The number of benzene rings is 4. The Labute approximate surface area is 212 Å². The highest BCUT2D eigenvalue weighted by Gasteiger charge is 2.12. The summed E-state index contributed by atoms with van der Waals surface area (Å²) >= 11 is 6.92. The van der Waals surface area contributed by atoms with Gasteiger partial charge in [-0.1, -0.05) is 52.3 Å². The predicted molar refractivity (Wildman–Crippen MR) is 143 cm³/mol. The molecule has 168 valence electrons. The number of rotatable bonds is 5. The molecule has 1 heterocycles. The Morgan fingerprint density at radius 1 is 1.03 bits per heavy atom. The van der Waals surface area contributed by atoms with Crippen molar-refractivity contribution in [1.82, 2.24) is 4.98 Å². The van der Waals surface area contributed by atoms with Gasteiger partial charge in [0.25, 0.3) is 0 Å². The quantitative estimate of drug-likeness (QED) is 0.216. The fourth-order valence-corrected chi connectivity index (χ4v) is 5.22. The highest BCUT2D eigenvalue weighted by molar-refractivity contribution is 9.11. The van der Waals surface area contributed by atoms with Crippen LogP contribution in [-0.4, -0.2) is 18.0 Å². The Hall–Kier alpha value is -3.42. The summed E-state index contributed by atoms with van der Waals surface area (Å²) in [6.45, 7) is 0. The van der Waals surface area contributed by atoms with Crippen molar-refractivity contribution in [2.45, 2.75) is 0 Å². The van der Waals surface area contributed by atoms with Crippen molar-refractivity contribution in [1.29, 1.82) is 0 Å². The molecule has 0 aliphatic carbocycles. The third kappa shape index (κ3) is 4.49. The lowest BCUT2D eigenvalue weighted by molar-refractivity contribution is -0.111. The van der Waals surface area contributed by atoms with Gasteiger partial charge in [-0.3, -0.25) is 4.79 Å². The monoisotopic (exact) mass is 576 g/mol. The van der Waals surface area contributed by atoms with Crippen LogP contribution in [0.3, 0.4) is 0 Å². The van der Waals surface area contributed by atoms with Crippen LogP contribution in [0.5, 0.6) is 5.75 Å². The van der Waals surface area contributed by atoms with Crippen molar-refractivity contribution < 1.29 is 13.9 Å². The molecule has 0 saturated heterocycles. The number of oxazole rings is 1. The number of fused-ring (bicyclic) bond motifs is 2. The molecule has 5 nitrogen and oxygen atoms in total. The molecule has 5 aromatic rings. The second kappa shape index (κ2) is 9.44. The zero-order valence-corrected chi connectivity index (χ0v) is 21.2. The fraction of sp³-hybridized carbons (Fsp3) is 0.0370. The van der Waals surface area contributed by atoms with E-state index in [9.17, 15) is 4.79 Å². The van der Waals surface area contributed by atoms with Crippen molar-refractivity contribution >= 4 is 71.4 Å². The van der Waals surface area contributed by atoms with Crippen LogP contribution in [0, 0.1) is 0 Å². The summed E-state index contributed by atoms with van der Waals surface area (Å²) in [5.74, 6) is 0.926. The van der Waals surface area contributed by atoms with Gasteiger partial charge in [0.2, 0.25) is 11.8 Å². The molecule has 4 aromatic carbocycles. The standard InChI is InChI=1S/C27H18Br2N2O3/c1-33-26-17(13-18(28)14-22(26)29)9-12-25(32)30-19-10-11-24-23(15-19)31-27(34-24)21-8-4-6-16-5-2-3-7-20(16)21/h2-15H,1H3,(H,30,32)/b12-9+. The number of nitrogens with zero attached hydrogens (tertiary/aromatic N) is 1. The Bertz CT molecular complexity index is 1570. The van der Waals surface area contributed by atoms with E-state index >= 15 is 0 Å². The molecule has 5 rings (SSSR count). The first kappa shape index (κ1) is 22.4. The normalized spacial score (nSPS) is 11.4. The summed E-state index contributed by atoms with van der Waals surface area (Å²) in [6.07, 6.45) is 3.17. The number of hydrogen-bond donors (Lipinski definition) is 1. The Morgan fingerprint density at radius 2 is 1.85 bits per heavy atom. The summed E-state index contributed by atoms with van der Waals surface area (Å²) in [6, 6.07) is 23.3. The molecule has 0 saturated carbocycles. The van der Waals surface area contributed by atoms with Gasteiger partial charge >= 0.3 is 0 Å². The number of ether oxygens (including phenoxy) is 1. The minimum absolute atomic E-state index is 0.268. The van der Waals surface area contributed by atoms with Crippen LogP contribution in [0.4, 0.5) is 5.69 Å². The van der Waals surface area contributed by atoms with Crippen LogP contribution in [0.15, 0.2) is 92.2 Å². The highest BCUT2D eigenvalue weighted by Crippen LogP contribution is 2.34. The third-order valence-corrected chi connectivity index (χ3v) is 6.38. The number of carbonyl (C=O) groups excluding carboxylic acids is 1. The fourth-order valence-electron chi connectivity index (χ4n) is 3.80. The molecular formula is C27H18Br2N2O3. The van der Waals surface area contributed by atoms with E-state index in [0.717, 1.165) is 30.8 Å². The average Bonchev–Trinajstić information content (AvgIpc) is 3.25. The molecular weight excluding hydrogens is 560 g/mol. The van der Waals surface area contributed by atoms with Gasteiger partial charge in [0.1, 0.15) is 11.3 Å². The van der Waals surface area contributed by atoms with E-state index < -0.39 is 0 Å². The molecule has 0 aliphatic rings. The maximum absolute atomic E-state index is 12.6. The first-order valence-corrected chi connectivity index (χ1v) is 12.0. The number of anilines is 1. The van der Waals surface area contributed by atoms with Crippen LogP contribution in [0.1, 0.15) is 5.56 Å². The van der Waals surface area contributed by atoms with E-state index in [1.807, 2.05) is 42.5 Å². The second-order valence-corrected chi connectivity index (χ2v) is 9.33. The molecule has 7 heteroatoms. The molecule has 0 atom stereocenters. The van der Waals surface area contributed by atoms with Crippen LogP contribution in [0.25, 0.3) is 39.4 Å². The molecule has 0 fully saturated rings. The first-order valence-electron chi connectivity index (χ1n) is 10.4. The third-order valence-electron chi connectivity index (χ3n) is 5.33. The van der Waals surface area contributed by atoms with E-state index in [1.54, 1.807) is 25.3 Å². The molecule has 34 heavy (non-hydrogen) atoms. The van der Waals surface area contributed by atoms with Gasteiger partial charge in [-0.15, -0.1) is 0 Å². The summed E-state index contributed by atoms with van der Waals surface area (Å²) in [7, 11) is 1.59. The molecule has 1 aromatic heterocycles. The van der Waals surface area contributed by atoms with Crippen LogP contribution in [-0.2, 0) is 4.79 Å². The summed E-state index contributed by atoms with van der Waals surface area (Å²) in [5.41, 5.74) is 3.65. The minimum atomic E-state index is -0.268. The van der Waals surface area contributed by atoms with Gasteiger partial charge < -0.3 is 14.5 Å². The lowest BCUT2D eigenvalue weighted by Crippen LogP contribution is -2.07. The zero-order chi connectivity index (χ0) is 23.7. The van der Waals surface area contributed by atoms with E-state index in [1.165, 1.54) is 6.08 Å². The number of hydrogen-bond acceptors (Lipinski definition) is 4. The molecule has 0 unspecified atom stereocenters. The second-order valence-electron chi connectivity index (χ2n) is 7.56. The Morgan fingerprint density at radius 3 is 2.71 bits per heavy atom. The maximum atomic E-state index is 12.6. The van der Waals surface area contributed by atoms with Gasteiger partial charge in [-0.05, 0) is 69.2 Å². The van der Waals surface area contributed by atoms with E-state index in [0.29, 0.717) is 28.4 Å². The van der Waals surface area contributed by atoms with Crippen LogP contribution in [0.2, 0.25) is 0 Å². The number of nitrogens with one attached hydrogen (secondary N) is 1. The van der Waals surface area contributed by atoms with Crippen molar-refractivity contribution in [3.05, 3.63) is 93.4 Å². The number of halogens is 2. The van der Waals surface area contributed by atoms with Gasteiger partial charge in [0, 0.05) is 27.4 Å². The smallest absolute Gasteiger partial charge is 0.248 e. The summed E-state index contributed by atoms with van der Waals surface area (Å²) < 4.78 is 13.1. The average molecular weight is 578 g/mol. The van der Waals surface area contributed by atoms with Crippen LogP contribution < -0.4 is 10.1 Å². The van der Waals surface area contributed by atoms with Crippen molar-refractivity contribution in [2.24, 2.45) is 0 Å². The molecule has 0 radical (unpaired) electrons. The number of methoxy groups -OCH3 is 1. The molecule has 0 aliphatic heterocycles. The van der Waals surface area contributed by atoms with E-state index in [2.05, 4.69) is 60.4 Å². The van der Waals surface area contributed by atoms with Crippen molar-refractivity contribution in [2.75, 3.05) is 12.4 Å². The minimum Gasteiger partial charge on any atom is -0.495 e. The maximum Gasteiger partial charge on any atom is 0.248 e. The molecule has 1 N–H and O–H groups in total. The lowest BCUT2D eigenvalue weighted by atomic mass is 10.0. The van der Waals surface area contributed by atoms with Crippen molar-refractivity contribution in [3.8, 4) is 17.2 Å². The largest absolute Gasteiger partial charge is 0.495 e. The highest BCUT2D eigenvalue weighted by atomic mass is 79.9. The zero-order valence-electron chi connectivity index (χ0n) is 18.0. The van der Waals surface area contributed by atoms with Crippen LogP contribution >= 0.6 is 31.9 Å². The summed E-state index contributed by atoms with van der Waals surface area (Å²) in [5, 5.41) is 5.07. The molecule has 0 spiro atoms. The van der Waals surface area contributed by atoms with Gasteiger partial charge in [-0.25, -0.2) is 4.98 Å². The van der Waals surface area contributed by atoms with Gasteiger partial charge in [0.05, 0.1) is 11.6 Å². The Balaban J connectivity index is 1.39. The predicted octanol–water partition coefficient (Wildman–Crippen LogP) is 7.83. The lowest BCUT2D eigenvalue weighted by Gasteiger charge is -2.08. The summed E-state index contributed by atoms with van der Waals surface area (Å²) in [4.78, 5) is 17.2. The molecule has 1 amide bonds. The number of amides is 1. The molecule has 0 bridgehead atoms. The van der Waals surface area contributed by atoms with Gasteiger partial charge in [-0.2, -0.15) is 0 Å². The van der Waals surface area contributed by atoms with E-state index in [4.69, 9.17) is 9.15 Å². The SMILES string of the molecule is COc1c(Br)cc(Br)cc1/C=C/C(=O)Nc1ccc2oc(-c3cccc4ccccc34)nc2c1. The topological polar surface area (TPSA) is 64.4 Å². The number of aromatic nitrogens is 1. The van der Waals surface area contributed by atoms with Gasteiger partial charge in [0.15, 0.2) is 5.58 Å². The number of carbonyl (C=O) groups is 1.